The first-order valence-electron chi connectivity index (χ1n) is 5.87. The summed E-state index contributed by atoms with van der Waals surface area (Å²) >= 11 is 0. The molecule has 0 atom stereocenters. The lowest BCUT2D eigenvalue weighted by Crippen LogP contribution is -2.18. The lowest BCUT2D eigenvalue weighted by Gasteiger charge is -2.25. The fraction of sp³-hybridized carbons (Fsp3) is 0.500. The molecule has 0 unspecified atom stereocenters. The number of carboxylic acid groups (broad SMARTS) is 1. The highest BCUT2D eigenvalue weighted by Crippen LogP contribution is 2.35. The van der Waals surface area contributed by atoms with E-state index in [0.29, 0.717) is 5.56 Å². The smallest absolute Gasteiger partial charge is 0.335 e. The maximum atomic E-state index is 11.0. The van der Waals surface area contributed by atoms with Gasteiger partial charge in [0, 0.05) is 0 Å². The predicted molar refractivity (Wildman–Crippen MR) is 64.0 cm³/mol. The number of hydrogen-bond acceptors (Lipinski definition) is 1. The lowest BCUT2D eigenvalue weighted by molar-refractivity contribution is 0.0696. The second kappa shape index (κ2) is 3.93. The van der Waals surface area contributed by atoms with Gasteiger partial charge in [-0.3, -0.25) is 0 Å². The van der Waals surface area contributed by atoms with Gasteiger partial charge in [-0.2, -0.15) is 0 Å². The summed E-state index contributed by atoms with van der Waals surface area (Å²) in [4.78, 5) is 11.0. The van der Waals surface area contributed by atoms with Crippen LogP contribution in [0.15, 0.2) is 18.2 Å². The summed E-state index contributed by atoms with van der Waals surface area (Å²) in [6, 6.07) is 5.58. The van der Waals surface area contributed by atoms with Gasteiger partial charge in [0.1, 0.15) is 0 Å². The fourth-order valence-corrected chi connectivity index (χ4v) is 2.57. The van der Waals surface area contributed by atoms with Crippen LogP contribution in [0.25, 0.3) is 0 Å². The van der Waals surface area contributed by atoms with Gasteiger partial charge in [-0.25, -0.2) is 4.79 Å². The topological polar surface area (TPSA) is 37.3 Å². The zero-order chi connectivity index (χ0) is 11.8. The van der Waals surface area contributed by atoms with Gasteiger partial charge in [0.25, 0.3) is 0 Å². The van der Waals surface area contributed by atoms with Crippen molar-refractivity contribution in [2.24, 2.45) is 0 Å². The molecule has 2 nitrogen and oxygen atoms in total. The van der Waals surface area contributed by atoms with Crippen molar-refractivity contribution in [1.29, 1.82) is 0 Å². The van der Waals surface area contributed by atoms with Crippen molar-refractivity contribution in [2.45, 2.75) is 44.9 Å². The van der Waals surface area contributed by atoms with Crippen molar-refractivity contribution in [1.82, 2.24) is 0 Å². The predicted octanol–water partition coefficient (Wildman–Crippen LogP) is 3.39. The van der Waals surface area contributed by atoms with Crippen molar-refractivity contribution < 1.29 is 9.90 Å². The van der Waals surface area contributed by atoms with E-state index in [-0.39, 0.29) is 5.41 Å². The first kappa shape index (κ1) is 11.2. The maximum absolute atomic E-state index is 11.0. The Labute approximate surface area is 96.3 Å². The summed E-state index contributed by atoms with van der Waals surface area (Å²) in [5.74, 6) is -0.831. The summed E-state index contributed by atoms with van der Waals surface area (Å²) in [6.07, 6.45) is 4.66. The maximum Gasteiger partial charge on any atom is 0.335 e. The van der Waals surface area contributed by atoms with Crippen LogP contribution in [0.3, 0.4) is 0 Å². The molecule has 16 heavy (non-hydrogen) atoms. The first-order chi connectivity index (χ1) is 7.50. The molecule has 0 heterocycles. The number of hydrogen-bond donors (Lipinski definition) is 1. The average Bonchev–Trinajstić information content (AvgIpc) is 2.37. The Morgan fingerprint density at radius 2 is 2.06 bits per heavy atom. The van der Waals surface area contributed by atoms with Gasteiger partial charge < -0.3 is 5.11 Å². The normalized spacial score (nSPS) is 18.6. The van der Waals surface area contributed by atoms with Gasteiger partial charge in [0.05, 0.1) is 5.56 Å². The van der Waals surface area contributed by atoms with Crippen LogP contribution in [-0.2, 0) is 11.8 Å². The number of carbonyl (C=O) groups is 1. The molecule has 0 aliphatic heterocycles. The largest absolute Gasteiger partial charge is 0.478 e. The quantitative estimate of drug-likeness (QED) is 0.734. The second-order valence-corrected chi connectivity index (χ2v) is 5.27. The Balaban J connectivity index is 2.53. The van der Waals surface area contributed by atoms with Crippen LogP contribution in [-0.4, -0.2) is 11.1 Å². The SMILES string of the molecule is CC1(C)CCCCc2ccc(C(=O)O)cc21. The van der Waals surface area contributed by atoms with Crippen molar-refractivity contribution in [3.8, 4) is 0 Å². The summed E-state index contributed by atoms with van der Waals surface area (Å²) in [5, 5.41) is 9.03. The minimum Gasteiger partial charge on any atom is -0.478 e. The van der Waals surface area contributed by atoms with Gasteiger partial charge in [0.15, 0.2) is 0 Å². The number of fused-ring (bicyclic) bond motifs is 1. The van der Waals surface area contributed by atoms with Crippen LogP contribution in [0.2, 0.25) is 0 Å². The Hall–Kier alpha value is -1.31. The highest BCUT2D eigenvalue weighted by atomic mass is 16.4. The number of carboxylic acids is 1. The number of aromatic carboxylic acids is 1. The van der Waals surface area contributed by atoms with Crippen LogP contribution in [0.4, 0.5) is 0 Å². The summed E-state index contributed by atoms with van der Waals surface area (Å²) in [5.41, 5.74) is 3.07. The molecule has 0 spiro atoms. The summed E-state index contributed by atoms with van der Waals surface area (Å²) in [7, 11) is 0. The summed E-state index contributed by atoms with van der Waals surface area (Å²) in [6.45, 7) is 4.42. The molecule has 0 amide bonds. The van der Waals surface area contributed by atoms with Crippen molar-refractivity contribution in [2.75, 3.05) is 0 Å². The van der Waals surface area contributed by atoms with E-state index in [4.69, 9.17) is 5.11 Å². The van der Waals surface area contributed by atoms with E-state index in [9.17, 15) is 4.79 Å². The van der Waals surface area contributed by atoms with Gasteiger partial charge in [-0.05, 0) is 47.9 Å². The molecule has 86 valence electrons. The van der Waals surface area contributed by atoms with E-state index in [1.165, 1.54) is 24.0 Å². The third kappa shape index (κ3) is 1.97. The molecule has 2 heteroatoms. The van der Waals surface area contributed by atoms with Crippen molar-refractivity contribution in [3.05, 3.63) is 34.9 Å². The van der Waals surface area contributed by atoms with Crippen molar-refractivity contribution >= 4 is 5.97 Å². The van der Waals surface area contributed by atoms with E-state index >= 15 is 0 Å². The molecule has 1 aromatic carbocycles. The minimum absolute atomic E-state index is 0.108. The van der Waals surface area contributed by atoms with E-state index in [1.54, 1.807) is 6.07 Å². The Bertz CT molecular complexity index is 419. The number of benzene rings is 1. The van der Waals surface area contributed by atoms with Gasteiger partial charge in [-0.15, -0.1) is 0 Å². The zero-order valence-corrected chi connectivity index (χ0v) is 9.92. The fourth-order valence-electron chi connectivity index (χ4n) is 2.57. The molecule has 1 N–H and O–H groups in total. The molecular weight excluding hydrogens is 200 g/mol. The van der Waals surface area contributed by atoms with Crippen LogP contribution < -0.4 is 0 Å². The number of aryl methyl sites for hydroxylation is 1. The second-order valence-electron chi connectivity index (χ2n) is 5.27. The Morgan fingerprint density at radius 1 is 1.31 bits per heavy atom. The zero-order valence-electron chi connectivity index (χ0n) is 9.92. The third-order valence-corrected chi connectivity index (χ3v) is 3.58. The van der Waals surface area contributed by atoms with E-state index in [0.717, 1.165) is 12.8 Å². The third-order valence-electron chi connectivity index (χ3n) is 3.58. The molecule has 0 bridgehead atoms. The van der Waals surface area contributed by atoms with Crippen LogP contribution in [0, 0.1) is 0 Å². The molecule has 0 saturated carbocycles. The molecule has 0 saturated heterocycles. The molecule has 1 aliphatic carbocycles. The Morgan fingerprint density at radius 3 is 2.75 bits per heavy atom. The first-order valence-corrected chi connectivity index (χ1v) is 5.87. The van der Waals surface area contributed by atoms with Crippen LogP contribution in [0.1, 0.15) is 54.6 Å². The van der Waals surface area contributed by atoms with E-state index in [1.807, 2.05) is 12.1 Å². The van der Waals surface area contributed by atoms with Gasteiger partial charge in [0.2, 0.25) is 0 Å². The monoisotopic (exact) mass is 218 g/mol. The lowest BCUT2D eigenvalue weighted by atomic mass is 9.79. The molecule has 0 fully saturated rings. The average molecular weight is 218 g/mol. The Kier molecular flexibility index (Phi) is 2.75. The van der Waals surface area contributed by atoms with Gasteiger partial charge >= 0.3 is 5.97 Å². The molecule has 1 aromatic rings. The van der Waals surface area contributed by atoms with E-state index in [2.05, 4.69) is 13.8 Å². The van der Waals surface area contributed by atoms with Gasteiger partial charge in [-0.1, -0.05) is 26.3 Å². The molecule has 1 aliphatic rings. The molecule has 0 radical (unpaired) electrons. The van der Waals surface area contributed by atoms with Crippen LogP contribution in [0.5, 0.6) is 0 Å². The highest BCUT2D eigenvalue weighted by molar-refractivity contribution is 5.88. The molecule has 0 aromatic heterocycles. The number of rotatable bonds is 1. The minimum atomic E-state index is -0.831. The highest BCUT2D eigenvalue weighted by Gasteiger charge is 2.26. The van der Waals surface area contributed by atoms with Crippen LogP contribution >= 0.6 is 0 Å². The van der Waals surface area contributed by atoms with E-state index < -0.39 is 5.97 Å². The van der Waals surface area contributed by atoms with Crippen molar-refractivity contribution in [3.63, 3.8) is 0 Å². The molecule has 2 rings (SSSR count). The molecular formula is C14H18O2. The summed E-state index contributed by atoms with van der Waals surface area (Å²) < 4.78 is 0. The standard InChI is InChI=1S/C14H18O2/c1-14(2)8-4-3-5-10-6-7-11(13(15)16)9-12(10)14/h6-7,9H,3-5,8H2,1-2H3,(H,15,16).